The van der Waals surface area contributed by atoms with Crippen LogP contribution in [0.25, 0.3) is 0 Å². The highest BCUT2D eigenvalue weighted by Crippen LogP contribution is 2.15. The zero-order valence-electron chi connectivity index (χ0n) is 11.9. The molecular formula is C14H15ClN2O4S2. The van der Waals surface area contributed by atoms with Crippen molar-refractivity contribution in [2.45, 2.75) is 16.2 Å². The van der Waals surface area contributed by atoms with E-state index < -0.39 is 20.0 Å². The van der Waals surface area contributed by atoms with Crippen molar-refractivity contribution in [3.8, 4) is 0 Å². The Morgan fingerprint density at radius 2 is 1.57 bits per heavy atom. The number of hydrogen-bond donors (Lipinski definition) is 2. The van der Waals surface area contributed by atoms with E-state index in [1.807, 2.05) is 0 Å². The van der Waals surface area contributed by atoms with Crippen molar-refractivity contribution < 1.29 is 16.8 Å². The van der Waals surface area contributed by atoms with Gasteiger partial charge < -0.3 is 0 Å². The summed E-state index contributed by atoms with van der Waals surface area (Å²) in [6.07, 6.45) is 0.477. The quantitative estimate of drug-likeness (QED) is 0.799. The molecule has 0 bridgehead atoms. The minimum atomic E-state index is -3.96. The fourth-order valence-corrected chi connectivity index (χ4v) is 3.72. The lowest BCUT2D eigenvalue weighted by molar-refractivity contribution is 0.581. The average molecular weight is 375 g/mol. The maximum absolute atomic E-state index is 12.2. The van der Waals surface area contributed by atoms with Gasteiger partial charge in [-0.1, -0.05) is 29.8 Å². The van der Waals surface area contributed by atoms with Crippen LogP contribution in [0.5, 0.6) is 0 Å². The van der Waals surface area contributed by atoms with Gasteiger partial charge >= 0.3 is 0 Å². The van der Waals surface area contributed by atoms with Crippen molar-refractivity contribution in [3.63, 3.8) is 0 Å². The van der Waals surface area contributed by atoms with Gasteiger partial charge in [-0.15, -0.1) is 0 Å². The highest BCUT2D eigenvalue weighted by atomic mass is 35.5. The highest BCUT2D eigenvalue weighted by Gasteiger charge is 2.16. The number of hydrogen-bond acceptors (Lipinski definition) is 4. The Morgan fingerprint density at radius 3 is 2.17 bits per heavy atom. The molecule has 0 atom stereocenters. The van der Waals surface area contributed by atoms with Gasteiger partial charge in [-0.2, -0.15) is 0 Å². The fourth-order valence-electron chi connectivity index (χ4n) is 1.88. The lowest BCUT2D eigenvalue weighted by atomic mass is 10.2. The Morgan fingerprint density at radius 1 is 0.957 bits per heavy atom. The molecule has 0 aliphatic carbocycles. The van der Waals surface area contributed by atoms with Crippen molar-refractivity contribution in [2.24, 2.45) is 5.14 Å². The average Bonchev–Trinajstić information content (AvgIpc) is 2.48. The zero-order chi connectivity index (χ0) is 17.1. The van der Waals surface area contributed by atoms with Gasteiger partial charge in [0.15, 0.2) is 0 Å². The summed E-state index contributed by atoms with van der Waals surface area (Å²) in [6, 6.07) is 12.0. The van der Waals surface area contributed by atoms with Crippen molar-refractivity contribution in [3.05, 3.63) is 59.1 Å². The normalized spacial score (nSPS) is 12.3. The second kappa shape index (κ2) is 6.98. The van der Waals surface area contributed by atoms with Crippen LogP contribution in [0, 0.1) is 0 Å². The number of benzene rings is 2. The predicted octanol–water partition coefficient (Wildman–Crippen LogP) is 1.51. The minimum Gasteiger partial charge on any atom is -0.225 e. The smallest absolute Gasteiger partial charge is 0.225 e. The molecule has 0 saturated carbocycles. The number of primary sulfonamides is 1. The van der Waals surface area contributed by atoms with Crippen LogP contribution in [0.1, 0.15) is 5.56 Å². The summed E-state index contributed by atoms with van der Waals surface area (Å²) >= 11 is 5.78. The highest BCUT2D eigenvalue weighted by molar-refractivity contribution is 7.90. The summed E-state index contributed by atoms with van der Waals surface area (Å²) in [7, 11) is -7.78. The molecule has 0 saturated heterocycles. The first-order valence-electron chi connectivity index (χ1n) is 6.55. The second-order valence-electron chi connectivity index (χ2n) is 4.79. The first-order chi connectivity index (χ1) is 10.7. The molecular weight excluding hydrogens is 360 g/mol. The van der Waals surface area contributed by atoms with Crippen LogP contribution in [0.4, 0.5) is 0 Å². The molecule has 3 N–H and O–H groups in total. The van der Waals surface area contributed by atoms with Gasteiger partial charge in [0, 0.05) is 11.6 Å². The van der Waals surface area contributed by atoms with Crippen LogP contribution < -0.4 is 9.86 Å². The van der Waals surface area contributed by atoms with E-state index in [0.717, 1.165) is 11.6 Å². The third-order valence-electron chi connectivity index (χ3n) is 3.06. The molecule has 124 valence electrons. The lowest BCUT2D eigenvalue weighted by Gasteiger charge is -2.08. The van der Waals surface area contributed by atoms with Gasteiger partial charge in [-0.25, -0.2) is 26.7 Å². The van der Waals surface area contributed by atoms with Crippen LogP contribution in [-0.4, -0.2) is 23.4 Å². The van der Waals surface area contributed by atoms with Gasteiger partial charge in [-0.3, -0.25) is 0 Å². The van der Waals surface area contributed by atoms with E-state index >= 15 is 0 Å². The number of nitrogens with one attached hydrogen (secondary N) is 1. The summed E-state index contributed by atoms with van der Waals surface area (Å²) in [5.74, 6) is 0. The summed E-state index contributed by atoms with van der Waals surface area (Å²) in [5.41, 5.74) is 0.926. The number of halogens is 1. The maximum Gasteiger partial charge on any atom is 0.240 e. The molecule has 0 amide bonds. The fraction of sp³-hybridized carbons (Fsp3) is 0.143. The molecule has 0 aromatic heterocycles. The molecule has 0 heterocycles. The Bertz CT molecular complexity index is 895. The predicted molar refractivity (Wildman–Crippen MR) is 88.2 cm³/mol. The monoisotopic (exact) mass is 374 g/mol. The summed E-state index contributed by atoms with van der Waals surface area (Å²) < 4.78 is 49.4. The third kappa shape index (κ3) is 5.02. The van der Waals surface area contributed by atoms with Gasteiger partial charge in [0.2, 0.25) is 20.0 Å². The van der Waals surface area contributed by atoms with Crippen molar-refractivity contribution >= 4 is 31.6 Å². The Balaban J connectivity index is 2.08. The molecule has 9 heteroatoms. The zero-order valence-corrected chi connectivity index (χ0v) is 14.3. The van der Waals surface area contributed by atoms with Crippen molar-refractivity contribution in [1.29, 1.82) is 0 Å². The number of rotatable bonds is 6. The van der Waals surface area contributed by atoms with E-state index in [1.54, 1.807) is 24.3 Å². The molecule has 0 spiro atoms. The van der Waals surface area contributed by atoms with Gasteiger partial charge in [-0.05, 0) is 42.3 Å². The molecule has 0 fully saturated rings. The Kier molecular flexibility index (Phi) is 5.43. The first-order valence-corrected chi connectivity index (χ1v) is 9.96. The maximum atomic E-state index is 12.2. The Hall–Kier alpha value is -1.45. The largest absolute Gasteiger partial charge is 0.240 e. The minimum absolute atomic E-state index is 0.153. The van der Waals surface area contributed by atoms with Crippen molar-refractivity contribution in [1.82, 2.24) is 4.72 Å². The second-order valence-corrected chi connectivity index (χ2v) is 8.56. The number of sulfonamides is 2. The van der Waals surface area contributed by atoms with E-state index in [9.17, 15) is 16.8 Å². The van der Waals surface area contributed by atoms with E-state index in [2.05, 4.69) is 4.72 Å². The van der Waals surface area contributed by atoms with Crippen LogP contribution in [0.2, 0.25) is 5.02 Å². The molecule has 2 rings (SSSR count). The molecule has 2 aromatic carbocycles. The SMILES string of the molecule is NS(=O)(=O)c1cccc(S(=O)(=O)NCCc2ccc(Cl)cc2)c1. The van der Waals surface area contributed by atoms with E-state index in [4.69, 9.17) is 16.7 Å². The first kappa shape index (κ1) is 17.9. The van der Waals surface area contributed by atoms with Gasteiger partial charge in [0.1, 0.15) is 0 Å². The van der Waals surface area contributed by atoms with E-state index in [0.29, 0.717) is 11.4 Å². The van der Waals surface area contributed by atoms with Gasteiger partial charge in [0.25, 0.3) is 0 Å². The molecule has 6 nitrogen and oxygen atoms in total. The molecule has 0 radical (unpaired) electrons. The molecule has 0 aliphatic heterocycles. The molecule has 23 heavy (non-hydrogen) atoms. The molecule has 0 unspecified atom stereocenters. The van der Waals surface area contributed by atoms with E-state index in [-0.39, 0.29) is 16.3 Å². The molecule has 0 aliphatic rings. The van der Waals surface area contributed by atoms with Crippen molar-refractivity contribution in [2.75, 3.05) is 6.54 Å². The topological polar surface area (TPSA) is 106 Å². The lowest BCUT2D eigenvalue weighted by Crippen LogP contribution is -2.26. The van der Waals surface area contributed by atoms with Crippen LogP contribution in [-0.2, 0) is 26.5 Å². The summed E-state index contributed by atoms with van der Waals surface area (Å²) in [5, 5.41) is 5.61. The van der Waals surface area contributed by atoms with Crippen LogP contribution in [0.15, 0.2) is 58.3 Å². The third-order valence-corrected chi connectivity index (χ3v) is 5.69. The number of nitrogens with two attached hydrogens (primary N) is 1. The summed E-state index contributed by atoms with van der Waals surface area (Å²) in [4.78, 5) is -0.404. The standard InChI is InChI=1S/C14H15ClN2O4S2/c15-12-6-4-11(5-7-12)8-9-17-23(20,21)14-3-1-2-13(10-14)22(16,18)19/h1-7,10,17H,8-9H2,(H2,16,18,19). The van der Waals surface area contributed by atoms with E-state index in [1.165, 1.54) is 18.2 Å². The molecule has 2 aromatic rings. The summed E-state index contributed by atoms with van der Waals surface area (Å²) in [6.45, 7) is 0.170. The van der Waals surface area contributed by atoms with Gasteiger partial charge in [0.05, 0.1) is 9.79 Å². The Labute approximate surface area is 140 Å². The van der Waals surface area contributed by atoms with Crippen LogP contribution in [0.3, 0.4) is 0 Å². The van der Waals surface area contributed by atoms with Crippen LogP contribution >= 0.6 is 11.6 Å².